The number of anilines is 1. The van der Waals surface area contributed by atoms with Crippen molar-refractivity contribution in [1.29, 1.82) is 0 Å². The van der Waals surface area contributed by atoms with Crippen molar-refractivity contribution >= 4 is 11.6 Å². The van der Waals surface area contributed by atoms with E-state index in [1.165, 1.54) is 5.56 Å². The fraction of sp³-hybridized carbons (Fsp3) is 0.400. The van der Waals surface area contributed by atoms with Crippen LogP contribution in [0.5, 0.6) is 0 Å². The number of hydrogen-bond donors (Lipinski definition) is 1. The van der Waals surface area contributed by atoms with Crippen LogP contribution >= 0.6 is 0 Å². The van der Waals surface area contributed by atoms with E-state index in [0.29, 0.717) is 12.6 Å². The lowest BCUT2D eigenvalue weighted by Gasteiger charge is -2.24. The number of hydrogen-bond acceptors (Lipinski definition) is 2. The highest BCUT2D eigenvalue weighted by Crippen LogP contribution is 2.31. The Bertz CT molecular complexity index is 454. The molecule has 1 aliphatic carbocycles. The molecule has 0 spiro atoms. The summed E-state index contributed by atoms with van der Waals surface area (Å²) >= 11 is 0. The van der Waals surface area contributed by atoms with E-state index in [-0.39, 0.29) is 11.9 Å². The van der Waals surface area contributed by atoms with Crippen LogP contribution in [0.2, 0.25) is 0 Å². The van der Waals surface area contributed by atoms with Gasteiger partial charge < -0.3 is 10.2 Å². The number of para-hydroxylation sites is 1. The van der Waals surface area contributed by atoms with Crippen molar-refractivity contribution in [3.05, 3.63) is 42.5 Å². The lowest BCUT2D eigenvalue weighted by molar-refractivity contribution is -0.131. The zero-order valence-electron chi connectivity index (χ0n) is 10.4. The molecule has 0 saturated heterocycles. The Balaban J connectivity index is 1.72. The number of carbonyl (C=O) groups excluding carboxylic acids is 1. The minimum Gasteiger partial charge on any atom is -0.373 e. The van der Waals surface area contributed by atoms with Crippen LogP contribution in [0.1, 0.15) is 18.4 Å². The lowest BCUT2D eigenvalue weighted by atomic mass is 10.1. The first-order valence-corrected chi connectivity index (χ1v) is 6.55. The van der Waals surface area contributed by atoms with Crippen molar-refractivity contribution in [2.75, 3.05) is 11.9 Å². The predicted molar refractivity (Wildman–Crippen MR) is 72.5 cm³/mol. The molecule has 1 amide bonds. The summed E-state index contributed by atoms with van der Waals surface area (Å²) in [5.41, 5.74) is 2.34. The number of benzene rings is 1. The van der Waals surface area contributed by atoms with E-state index >= 15 is 0 Å². The molecule has 0 unspecified atom stereocenters. The molecule has 1 aromatic rings. The lowest BCUT2D eigenvalue weighted by Crippen LogP contribution is -2.43. The van der Waals surface area contributed by atoms with Crippen molar-refractivity contribution in [3.63, 3.8) is 0 Å². The number of nitrogens with one attached hydrogen (secondary N) is 1. The molecule has 94 valence electrons. The minimum absolute atomic E-state index is 0.0945. The molecule has 0 radical (unpaired) electrons. The van der Waals surface area contributed by atoms with Crippen molar-refractivity contribution in [2.24, 2.45) is 0 Å². The van der Waals surface area contributed by atoms with E-state index in [1.54, 1.807) is 0 Å². The van der Waals surface area contributed by atoms with E-state index in [0.717, 1.165) is 24.9 Å². The van der Waals surface area contributed by atoms with Gasteiger partial charge in [-0.1, -0.05) is 24.3 Å². The third-order valence-corrected chi connectivity index (χ3v) is 3.67. The molecule has 1 saturated carbocycles. The zero-order chi connectivity index (χ0) is 12.5. The summed E-state index contributed by atoms with van der Waals surface area (Å²) in [5.74, 6) is 0.216. The summed E-state index contributed by atoms with van der Waals surface area (Å²) in [6, 6.07) is 8.50. The maximum absolute atomic E-state index is 12.5. The molecule has 0 aromatic heterocycles. The Labute approximate surface area is 107 Å². The van der Waals surface area contributed by atoms with Gasteiger partial charge >= 0.3 is 0 Å². The molecule has 1 aromatic carbocycles. The van der Waals surface area contributed by atoms with E-state index < -0.39 is 0 Å². The van der Waals surface area contributed by atoms with Gasteiger partial charge in [-0.25, -0.2) is 0 Å². The van der Waals surface area contributed by atoms with Crippen LogP contribution in [0.3, 0.4) is 0 Å². The standard InChI is InChI=1S/C15H18N2O/c1-2-9-17(12-7-8-12)15(18)14-10-11-5-3-4-6-13(11)16-14/h2-6,12,14,16H,1,7-10H2/t14-/m0/s1. The largest absolute Gasteiger partial charge is 0.373 e. The topological polar surface area (TPSA) is 32.3 Å². The van der Waals surface area contributed by atoms with Crippen molar-refractivity contribution in [1.82, 2.24) is 4.90 Å². The SMILES string of the molecule is C=CCN(C(=O)[C@@H]1Cc2ccccc2N1)C1CC1. The van der Waals surface area contributed by atoms with Crippen LogP contribution in [0, 0.1) is 0 Å². The Hall–Kier alpha value is -1.77. The molecule has 1 aliphatic heterocycles. The van der Waals surface area contributed by atoms with Crippen LogP contribution in [0.25, 0.3) is 0 Å². The molecule has 1 heterocycles. The van der Waals surface area contributed by atoms with Gasteiger partial charge in [0, 0.05) is 24.7 Å². The molecule has 1 atom stereocenters. The fourth-order valence-corrected chi connectivity index (χ4v) is 2.59. The monoisotopic (exact) mass is 242 g/mol. The molecule has 18 heavy (non-hydrogen) atoms. The summed E-state index contributed by atoms with van der Waals surface area (Å²) in [6.07, 6.45) is 4.90. The number of fused-ring (bicyclic) bond motifs is 1. The smallest absolute Gasteiger partial charge is 0.245 e. The van der Waals surface area contributed by atoms with E-state index in [1.807, 2.05) is 29.2 Å². The van der Waals surface area contributed by atoms with E-state index in [4.69, 9.17) is 0 Å². The Morgan fingerprint density at radius 1 is 1.44 bits per heavy atom. The van der Waals surface area contributed by atoms with Gasteiger partial charge in [0.1, 0.15) is 6.04 Å². The first-order chi connectivity index (χ1) is 8.79. The van der Waals surface area contributed by atoms with Gasteiger partial charge in [-0.15, -0.1) is 6.58 Å². The van der Waals surface area contributed by atoms with Gasteiger partial charge in [-0.2, -0.15) is 0 Å². The maximum atomic E-state index is 12.5. The molecule has 0 bridgehead atoms. The van der Waals surface area contributed by atoms with Gasteiger partial charge in [0.25, 0.3) is 0 Å². The second-order valence-electron chi connectivity index (χ2n) is 5.07. The van der Waals surface area contributed by atoms with Crippen molar-refractivity contribution in [3.8, 4) is 0 Å². The predicted octanol–water partition coefficient (Wildman–Crippen LogP) is 2.20. The van der Waals surface area contributed by atoms with Crippen LogP contribution in [-0.4, -0.2) is 29.4 Å². The molecule has 1 N–H and O–H groups in total. The van der Waals surface area contributed by atoms with Gasteiger partial charge in [-0.3, -0.25) is 4.79 Å². The van der Waals surface area contributed by atoms with Crippen LogP contribution in [0.15, 0.2) is 36.9 Å². The molecule has 1 fully saturated rings. The maximum Gasteiger partial charge on any atom is 0.245 e. The third kappa shape index (κ3) is 2.01. The summed E-state index contributed by atoms with van der Waals surface area (Å²) < 4.78 is 0. The Morgan fingerprint density at radius 2 is 2.22 bits per heavy atom. The van der Waals surface area contributed by atoms with Crippen molar-refractivity contribution < 1.29 is 4.79 Å². The highest BCUT2D eigenvalue weighted by atomic mass is 16.2. The van der Waals surface area contributed by atoms with E-state index in [9.17, 15) is 4.79 Å². The number of amides is 1. The molecule has 3 heteroatoms. The van der Waals surface area contributed by atoms with Gasteiger partial charge in [0.2, 0.25) is 5.91 Å². The van der Waals surface area contributed by atoms with Gasteiger partial charge in [0.15, 0.2) is 0 Å². The average Bonchev–Trinajstić information content (AvgIpc) is 3.13. The molecular weight excluding hydrogens is 224 g/mol. The summed E-state index contributed by atoms with van der Waals surface area (Å²) in [5, 5.41) is 3.33. The Morgan fingerprint density at radius 3 is 2.89 bits per heavy atom. The summed E-state index contributed by atoms with van der Waals surface area (Å²) in [6.45, 7) is 4.41. The fourth-order valence-electron chi connectivity index (χ4n) is 2.59. The highest BCUT2D eigenvalue weighted by molar-refractivity contribution is 5.88. The molecule has 2 aliphatic rings. The molecule has 3 nitrogen and oxygen atoms in total. The number of carbonyl (C=O) groups is 1. The van der Waals surface area contributed by atoms with Crippen LogP contribution in [-0.2, 0) is 11.2 Å². The Kier molecular flexibility index (Phi) is 2.82. The second kappa shape index (κ2) is 4.48. The van der Waals surface area contributed by atoms with Crippen molar-refractivity contribution in [2.45, 2.75) is 31.3 Å². The third-order valence-electron chi connectivity index (χ3n) is 3.67. The van der Waals surface area contributed by atoms with Gasteiger partial charge in [0.05, 0.1) is 0 Å². The van der Waals surface area contributed by atoms with Crippen LogP contribution < -0.4 is 5.32 Å². The van der Waals surface area contributed by atoms with Crippen LogP contribution in [0.4, 0.5) is 5.69 Å². The zero-order valence-corrected chi connectivity index (χ0v) is 10.4. The average molecular weight is 242 g/mol. The highest BCUT2D eigenvalue weighted by Gasteiger charge is 2.37. The minimum atomic E-state index is -0.0945. The van der Waals surface area contributed by atoms with Gasteiger partial charge in [-0.05, 0) is 24.5 Å². The normalized spacial score (nSPS) is 21.0. The molecular formula is C15H18N2O. The first-order valence-electron chi connectivity index (χ1n) is 6.55. The van der Waals surface area contributed by atoms with E-state index in [2.05, 4.69) is 18.0 Å². The number of rotatable bonds is 4. The molecule has 3 rings (SSSR count). The number of nitrogens with zero attached hydrogens (tertiary/aromatic N) is 1. The first kappa shape index (κ1) is 11.3. The quantitative estimate of drug-likeness (QED) is 0.821. The summed E-state index contributed by atoms with van der Waals surface area (Å²) in [4.78, 5) is 14.5. The summed E-state index contributed by atoms with van der Waals surface area (Å²) in [7, 11) is 0. The second-order valence-corrected chi connectivity index (χ2v) is 5.07.